The molecule has 0 saturated heterocycles. The number of nitrogens with zero attached hydrogens (tertiary/aromatic N) is 1. The van der Waals surface area contributed by atoms with Crippen LogP contribution in [0.5, 0.6) is 0 Å². The third kappa shape index (κ3) is 5.80. The molecule has 0 saturated carbocycles. The number of benzene rings is 2. The van der Waals surface area contributed by atoms with E-state index in [0.29, 0.717) is 10.6 Å². The summed E-state index contributed by atoms with van der Waals surface area (Å²) in [5.74, 6) is -0.104. The summed E-state index contributed by atoms with van der Waals surface area (Å²) in [6.45, 7) is 3.81. The molecule has 1 atom stereocenters. The normalized spacial score (nSPS) is 12.5. The third-order valence-electron chi connectivity index (χ3n) is 3.74. The number of amides is 1. The number of amidine groups is 1. The van der Waals surface area contributed by atoms with Crippen LogP contribution in [0.3, 0.4) is 0 Å². The van der Waals surface area contributed by atoms with Crippen molar-refractivity contribution in [3.8, 4) is 0 Å². The Hall–Kier alpha value is -2.53. The van der Waals surface area contributed by atoms with Crippen LogP contribution in [-0.4, -0.2) is 18.3 Å². The van der Waals surface area contributed by atoms with Crippen LogP contribution < -0.4 is 11.1 Å². The summed E-state index contributed by atoms with van der Waals surface area (Å²) in [7, 11) is 0. The molecule has 0 aliphatic carbocycles. The molecule has 0 aliphatic rings. The van der Waals surface area contributed by atoms with Crippen molar-refractivity contribution in [1.29, 1.82) is 0 Å². The lowest BCUT2D eigenvalue weighted by atomic mass is 10.1. The van der Waals surface area contributed by atoms with Crippen LogP contribution in [-0.2, 0) is 16.1 Å². The molecule has 2 aromatic carbocycles. The maximum absolute atomic E-state index is 12.0. The van der Waals surface area contributed by atoms with E-state index in [1.165, 1.54) is 5.56 Å². The zero-order valence-corrected chi connectivity index (χ0v) is 15.1. The van der Waals surface area contributed by atoms with Crippen molar-refractivity contribution < 1.29 is 9.63 Å². The number of carbonyl (C=O) groups excluding carboxylic acids is 1. The average molecular weight is 360 g/mol. The van der Waals surface area contributed by atoms with Crippen LogP contribution in [0.4, 0.5) is 0 Å². The van der Waals surface area contributed by atoms with Gasteiger partial charge in [-0.3, -0.25) is 4.79 Å². The molecule has 0 aliphatic heterocycles. The predicted octanol–water partition coefficient (Wildman–Crippen LogP) is 3.42. The van der Waals surface area contributed by atoms with E-state index >= 15 is 0 Å². The molecule has 0 heterocycles. The molecule has 1 unspecified atom stereocenters. The first-order chi connectivity index (χ1) is 12.0. The van der Waals surface area contributed by atoms with E-state index in [9.17, 15) is 4.79 Å². The van der Waals surface area contributed by atoms with Crippen LogP contribution in [0.15, 0.2) is 53.7 Å². The van der Waals surface area contributed by atoms with Gasteiger partial charge in [-0.1, -0.05) is 60.1 Å². The van der Waals surface area contributed by atoms with E-state index in [0.717, 1.165) is 12.0 Å². The Labute approximate surface area is 152 Å². The largest absolute Gasteiger partial charge is 0.384 e. The summed E-state index contributed by atoms with van der Waals surface area (Å²) in [5.41, 5.74) is 8.74. The molecule has 2 rings (SSSR count). The molecule has 2 aromatic rings. The lowest BCUT2D eigenvalue weighted by Gasteiger charge is -2.14. The van der Waals surface area contributed by atoms with Gasteiger partial charge < -0.3 is 15.9 Å². The van der Waals surface area contributed by atoms with E-state index < -0.39 is 0 Å². The summed E-state index contributed by atoms with van der Waals surface area (Å²) in [4.78, 5) is 17.0. The van der Waals surface area contributed by atoms with E-state index in [-0.39, 0.29) is 24.4 Å². The lowest BCUT2D eigenvalue weighted by Crippen LogP contribution is -2.30. The summed E-state index contributed by atoms with van der Waals surface area (Å²) in [5, 5.41) is 7.17. The summed E-state index contributed by atoms with van der Waals surface area (Å²) in [6.07, 6.45) is 0.987. The smallest absolute Gasteiger partial charge is 0.261 e. The van der Waals surface area contributed by atoms with Gasteiger partial charge in [-0.25, -0.2) is 0 Å². The monoisotopic (exact) mass is 359 g/mol. The topological polar surface area (TPSA) is 76.7 Å². The van der Waals surface area contributed by atoms with Crippen molar-refractivity contribution in [3.63, 3.8) is 0 Å². The molecule has 6 heteroatoms. The first-order valence-corrected chi connectivity index (χ1v) is 8.47. The number of hydrogen-bond donors (Lipinski definition) is 2. The van der Waals surface area contributed by atoms with Crippen molar-refractivity contribution in [2.45, 2.75) is 26.3 Å². The van der Waals surface area contributed by atoms with Crippen molar-refractivity contribution in [2.75, 3.05) is 6.61 Å². The standard InChI is InChI=1S/C19H22ClN3O2/c1-3-14-7-9-15(10-8-14)13(2)22-18(24)12-25-23-19(21)16-5-4-6-17(20)11-16/h4-11,13H,3,12H2,1-2H3,(H2,21,23)(H,22,24). The first kappa shape index (κ1) is 18.8. The molecule has 0 fully saturated rings. The fourth-order valence-corrected chi connectivity index (χ4v) is 2.46. The van der Waals surface area contributed by atoms with Gasteiger partial charge in [0, 0.05) is 10.6 Å². The Kier molecular flexibility index (Phi) is 6.83. The molecule has 25 heavy (non-hydrogen) atoms. The number of nitrogens with two attached hydrogens (primary N) is 1. The highest BCUT2D eigenvalue weighted by Gasteiger charge is 2.10. The van der Waals surface area contributed by atoms with E-state index in [1.54, 1.807) is 24.3 Å². The van der Waals surface area contributed by atoms with Crippen molar-refractivity contribution >= 4 is 23.3 Å². The molecular weight excluding hydrogens is 338 g/mol. The van der Waals surface area contributed by atoms with Gasteiger partial charge in [0.2, 0.25) is 0 Å². The van der Waals surface area contributed by atoms with Gasteiger partial charge in [0.15, 0.2) is 12.4 Å². The predicted molar refractivity (Wildman–Crippen MR) is 101 cm³/mol. The number of aryl methyl sites for hydroxylation is 1. The Morgan fingerprint density at radius 2 is 2.00 bits per heavy atom. The number of nitrogens with one attached hydrogen (secondary N) is 1. The molecule has 0 aromatic heterocycles. The molecule has 0 spiro atoms. The highest BCUT2D eigenvalue weighted by molar-refractivity contribution is 6.31. The maximum Gasteiger partial charge on any atom is 0.261 e. The first-order valence-electron chi connectivity index (χ1n) is 8.09. The van der Waals surface area contributed by atoms with E-state index in [4.69, 9.17) is 22.2 Å². The van der Waals surface area contributed by atoms with Crippen LogP contribution in [0, 0.1) is 0 Å². The molecule has 132 valence electrons. The van der Waals surface area contributed by atoms with Crippen LogP contribution in [0.2, 0.25) is 5.02 Å². The number of carbonyl (C=O) groups is 1. The third-order valence-corrected chi connectivity index (χ3v) is 3.98. The summed E-state index contributed by atoms with van der Waals surface area (Å²) < 4.78 is 0. The van der Waals surface area contributed by atoms with Crippen LogP contribution in [0.1, 0.15) is 36.6 Å². The number of rotatable bonds is 7. The fraction of sp³-hybridized carbons (Fsp3) is 0.263. The maximum atomic E-state index is 12.0. The zero-order valence-electron chi connectivity index (χ0n) is 14.3. The second-order valence-corrected chi connectivity index (χ2v) is 6.08. The number of oxime groups is 1. The molecule has 0 bridgehead atoms. The highest BCUT2D eigenvalue weighted by atomic mass is 35.5. The van der Waals surface area contributed by atoms with Gasteiger partial charge in [-0.2, -0.15) is 0 Å². The summed E-state index contributed by atoms with van der Waals surface area (Å²) in [6, 6.07) is 15.0. The van der Waals surface area contributed by atoms with Gasteiger partial charge >= 0.3 is 0 Å². The van der Waals surface area contributed by atoms with E-state index in [2.05, 4.69) is 29.5 Å². The quantitative estimate of drug-likeness (QED) is 0.452. The summed E-state index contributed by atoms with van der Waals surface area (Å²) >= 11 is 5.89. The SMILES string of the molecule is CCc1ccc(C(C)NC(=O)CO/N=C(\N)c2cccc(Cl)c2)cc1. The van der Waals surface area contributed by atoms with Gasteiger partial charge in [-0.05, 0) is 36.6 Å². The van der Waals surface area contributed by atoms with Gasteiger partial charge in [0.1, 0.15) is 0 Å². The van der Waals surface area contributed by atoms with Crippen molar-refractivity contribution in [3.05, 3.63) is 70.2 Å². The highest BCUT2D eigenvalue weighted by Crippen LogP contribution is 2.14. The minimum atomic E-state index is -0.269. The van der Waals surface area contributed by atoms with Gasteiger partial charge in [0.05, 0.1) is 6.04 Å². The van der Waals surface area contributed by atoms with Crippen LogP contribution >= 0.6 is 11.6 Å². The molecule has 3 N–H and O–H groups in total. The average Bonchev–Trinajstić information content (AvgIpc) is 2.61. The Morgan fingerprint density at radius 1 is 1.28 bits per heavy atom. The van der Waals surface area contributed by atoms with Crippen molar-refractivity contribution in [2.24, 2.45) is 10.9 Å². The molecule has 5 nitrogen and oxygen atoms in total. The number of halogens is 1. The Bertz CT molecular complexity index is 745. The zero-order chi connectivity index (χ0) is 18.2. The van der Waals surface area contributed by atoms with Gasteiger partial charge in [-0.15, -0.1) is 0 Å². The van der Waals surface area contributed by atoms with Gasteiger partial charge in [0.25, 0.3) is 5.91 Å². The fourth-order valence-electron chi connectivity index (χ4n) is 2.27. The van der Waals surface area contributed by atoms with Crippen LogP contribution in [0.25, 0.3) is 0 Å². The lowest BCUT2D eigenvalue weighted by molar-refractivity contribution is -0.126. The van der Waals surface area contributed by atoms with Crippen molar-refractivity contribution in [1.82, 2.24) is 5.32 Å². The number of hydrogen-bond acceptors (Lipinski definition) is 3. The second kappa shape index (κ2) is 9.08. The molecular formula is C19H22ClN3O2. The Balaban J connectivity index is 1.84. The minimum absolute atomic E-state index is 0.115. The Morgan fingerprint density at radius 3 is 2.64 bits per heavy atom. The minimum Gasteiger partial charge on any atom is -0.384 e. The molecule has 0 radical (unpaired) electrons. The molecule has 1 amide bonds. The second-order valence-electron chi connectivity index (χ2n) is 5.64. The van der Waals surface area contributed by atoms with E-state index in [1.807, 2.05) is 19.1 Å².